The lowest BCUT2D eigenvalue weighted by molar-refractivity contribution is -0.402. The van der Waals surface area contributed by atoms with Gasteiger partial charge in [0, 0.05) is 11.6 Å². The highest BCUT2D eigenvalue weighted by Crippen LogP contribution is 2.16. The summed E-state index contributed by atoms with van der Waals surface area (Å²) in [6, 6.07) is 7.99. The van der Waals surface area contributed by atoms with Crippen LogP contribution in [0.5, 0.6) is 0 Å². The number of esters is 1. The van der Waals surface area contributed by atoms with Gasteiger partial charge in [0.15, 0.2) is 6.61 Å². The van der Waals surface area contributed by atoms with E-state index < -0.39 is 16.8 Å². The summed E-state index contributed by atoms with van der Waals surface area (Å²) >= 11 is 0. The number of benzene rings is 1. The van der Waals surface area contributed by atoms with E-state index in [9.17, 15) is 19.7 Å². The van der Waals surface area contributed by atoms with E-state index in [2.05, 4.69) is 0 Å². The Bertz CT molecular complexity index is 818. The summed E-state index contributed by atoms with van der Waals surface area (Å²) in [5.41, 5.74) is 2.25. The minimum atomic E-state index is -0.743. The maximum absolute atomic E-state index is 12.1. The Balaban J connectivity index is 1.92. The van der Waals surface area contributed by atoms with Crippen molar-refractivity contribution in [2.75, 3.05) is 6.61 Å². The van der Waals surface area contributed by atoms with Crippen LogP contribution in [0.25, 0.3) is 6.08 Å². The molecule has 0 aliphatic carbocycles. The molecule has 0 N–H and O–H groups in total. The van der Waals surface area contributed by atoms with E-state index in [4.69, 9.17) is 9.15 Å². The quantitative estimate of drug-likeness (QED) is 0.265. The third kappa shape index (κ3) is 4.39. The molecule has 1 aromatic carbocycles. The van der Waals surface area contributed by atoms with E-state index in [0.717, 1.165) is 17.2 Å². The molecule has 124 valence electrons. The molecule has 0 saturated carbocycles. The van der Waals surface area contributed by atoms with Crippen molar-refractivity contribution in [3.05, 3.63) is 69.0 Å². The second kappa shape index (κ2) is 7.36. The van der Waals surface area contributed by atoms with Gasteiger partial charge in [-0.15, -0.1) is 0 Å². The first-order valence-electron chi connectivity index (χ1n) is 7.06. The zero-order valence-corrected chi connectivity index (χ0v) is 13.1. The number of nitro groups is 1. The van der Waals surface area contributed by atoms with Gasteiger partial charge in [-0.25, -0.2) is 4.79 Å². The largest absolute Gasteiger partial charge is 0.454 e. The average Bonchev–Trinajstić information content (AvgIpc) is 3.02. The molecule has 0 aliphatic rings. The molecule has 0 fully saturated rings. The van der Waals surface area contributed by atoms with Crippen LogP contribution in [-0.2, 0) is 9.53 Å². The Morgan fingerprint density at radius 3 is 2.67 bits per heavy atom. The minimum absolute atomic E-state index is 0.138. The summed E-state index contributed by atoms with van der Waals surface area (Å²) in [6.45, 7) is 3.29. The molecule has 0 amide bonds. The van der Waals surface area contributed by atoms with Crippen LogP contribution in [0.15, 0.2) is 40.8 Å². The molecule has 1 heterocycles. The molecular weight excluding hydrogens is 314 g/mol. The van der Waals surface area contributed by atoms with E-state index in [1.807, 2.05) is 19.1 Å². The number of aryl methyl sites for hydroxylation is 2. The molecule has 7 nitrogen and oxygen atoms in total. The van der Waals surface area contributed by atoms with Gasteiger partial charge in [0.05, 0.1) is 6.07 Å². The number of hydrogen-bond acceptors (Lipinski definition) is 6. The Morgan fingerprint density at radius 1 is 1.25 bits per heavy atom. The van der Waals surface area contributed by atoms with Gasteiger partial charge in [-0.3, -0.25) is 14.9 Å². The van der Waals surface area contributed by atoms with Crippen molar-refractivity contribution >= 4 is 23.7 Å². The maximum atomic E-state index is 12.1. The van der Waals surface area contributed by atoms with Crippen LogP contribution in [0.2, 0.25) is 0 Å². The lowest BCUT2D eigenvalue weighted by atomic mass is 10.0. The maximum Gasteiger partial charge on any atom is 0.433 e. The predicted octanol–water partition coefficient (Wildman–Crippen LogP) is 3.24. The Kier molecular flexibility index (Phi) is 5.26. The minimum Gasteiger partial charge on any atom is -0.454 e. The second-order valence-corrected chi connectivity index (χ2v) is 5.12. The molecule has 1 aromatic heterocycles. The van der Waals surface area contributed by atoms with Crippen molar-refractivity contribution in [1.29, 1.82) is 0 Å². The van der Waals surface area contributed by atoms with Crippen molar-refractivity contribution in [2.45, 2.75) is 13.8 Å². The first kappa shape index (κ1) is 17.1. The predicted molar refractivity (Wildman–Crippen MR) is 85.6 cm³/mol. The Morgan fingerprint density at radius 2 is 2.00 bits per heavy atom. The van der Waals surface area contributed by atoms with Gasteiger partial charge in [-0.05, 0) is 37.6 Å². The monoisotopic (exact) mass is 329 g/mol. The fourth-order valence-electron chi connectivity index (χ4n) is 1.98. The summed E-state index contributed by atoms with van der Waals surface area (Å²) in [6.07, 6.45) is 2.27. The number of carbonyl (C=O) groups is 2. The van der Waals surface area contributed by atoms with E-state index in [1.165, 1.54) is 18.2 Å². The molecule has 2 aromatic rings. The summed E-state index contributed by atoms with van der Waals surface area (Å²) in [5, 5.41) is 10.5. The summed E-state index contributed by atoms with van der Waals surface area (Å²) in [4.78, 5) is 33.5. The molecule has 0 unspecified atom stereocenters. The van der Waals surface area contributed by atoms with Gasteiger partial charge >= 0.3 is 11.9 Å². The van der Waals surface area contributed by atoms with E-state index >= 15 is 0 Å². The number of Topliss-reactive ketones (excluding diaryl/α,β-unsaturated/α-hetero) is 1. The molecule has 7 heteroatoms. The SMILES string of the molecule is Cc1ccc(C)c(C(=O)COC(=O)/C=C/c2ccc([N+](=O)[O-])o2)c1. The van der Waals surface area contributed by atoms with E-state index in [1.54, 1.807) is 13.0 Å². The number of ketones is 1. The standard InChI is InChI=1S/C17H15NO6/c1-11-3-4-12(2)14(9-11)15(19)10-23-17(20)8-6-13-5-7-16(24-13)18(21)22/h3-9H,10H2,1-2H3/b8-6+. The van der Waals surface area contributed by atoms with Crippen LogP contribution in [0, 0.1) is 24.0 Å². The Hall–Kier alpha value is -3.22. The van der Waals surface area contributed by atoms with Crippen LogP contribution < -0.4 is 0 Å². The normalized spacial score (nSPS) is 10.8. The number of carbonyl (C=O) groups excluding carboxylic acids is 2. The van der Waals surface area contributed by atoms with Crippen molar-refractivity contribution < 1.29 is 23.7 Å². The molecule has 0 radical (unpaired) electrons. The molecule has 0 atom stereocenters. The molecule has 24 heavy (non-hydrogen) atoms. The van der Waals surface area contributed by atoms with E-state index in [0.29, 0.717) is 5.56 Å². The van der Waals surface area contributed by atoms with Gasteiger partial charge in [0.25, 0.3) is 0 Å². The van der Waals surface area contributed by atoms with Crippen LogP contribution in [0.4, 0.5) is 5.88 Å². The zero-order valence-electron chi connectivity index (χ0n) is 13.1. The molecule has 0 aliphatic heterocycles. The first-order valence-corrected chi connectivity index (χ1v) is 7.06. The van der Waals surface area contributed by atoms with Gasteiger partial charge in [0.1, 0.15) is 10.7 Å². The summed E-state index contributed by atoms with van der Waals surface area (Å²) in [5.74, 6) is -1.33. The van der Waals surface area contributed by atoms with Gasteiger partial charge in [-0.1, -0.05) is 17.7 Å². The summed E-state index contributed by atoms with van der Waals surface area (Å²) in [7, 11) is 0. The van der Waals surface area contributed by atoms with Gasteiger partial charge in [-0.2, -0.15) is 0 Å². The number of hydrogen-bond donors (Lipinski definition) is 0. The van der Waals surface area contributed by atoms with Gasteiger partial charge in [0.2, 0.25) is 5.78 Å². The fourth-order valence-corrected chi connectivity index (χ4v) is 1.98. The van der Waals surface area contributed by atoms with Crippen LogP contribution >= 0.6 is 0 Å². The number of nitrogens with zero attached hydrogens (tertiary/aromatic N) is 1. The third-order valence-corrected chi connectivity index (χ3v) is 3.22. The molecule has 2 rings (SSSR count). The third-order valence-electron chi connectivity index (χ3n) is 3.22. The summed E-state index contributed by atoms with van der Waals surface area (Å²) < 4.78 is 9.74. The topological polar surface area (TPSA) is 99.7 Å². The zero-order chi connectivity index (χ0) is 17.7. The van der Waals surface area contributed by atoms with Crippen molar-refractivity contribution in [1.82, 2.24) is 0 Å². The molecule has 0 bridgehead atoms. The van der Waals surface area contributed by atoms with Crippen molar-refractivity contribution in [3.8, 4) is 0 Å². The number of furan rings is 1. The average molecular weight is 329 g/mol. The van der Waals surface area contributed by atoms with Gasteiger partial charge < -0.3 is 9.15 Å². The number of rotatable bonds is 6. The lowest BCUT2D eigenvalue weighted by Crippen LogP contribution is -2.13. The molecular formula is C17H15NO6. The Labute approximate surface area is 137 Å². The smallest absolute Gasteiger partial charge is 0.433 e. The van der Waals surface area contributed by atoms with Crippen LogP contribution in [-0.4, -0.2) is 23.3 Å². The van der Waals surface area contributed by atoms with Crippen LogP contribution in [0.1, 0.15) is 27.2 Å². The fraction of sp³-hybridized carbons (Fsp3) is 0.176. The second-order valence-electron chi connectivity index (χ2n) is 5.12. The lowest BCUT2D eigenvalue weighted by Gasteiger charge is -2.06. The molecule has 0 saturated heterocycles. The highest BCUT2D eigenvalue weighted by atomic mass is 16.6. The highest BCUT2D eigenvalue weighted by molar-refractivity contribution is 6.00. The first-order chi connectivity index (χ1) is 11.4. The van der Waals surface area contributed by atoms with Crippen LogP contribution in [0.3, 0.4) is 0 Å². The van der Waals surface area contributed by atoms with Crippen molar-refractivity contribution in [2.24, 2.45) is 0 Å². The molecule has 0 spiro atoms. The number of ether oxygens (including phenoxy) is 1. The highest BCUT2D eigenvalue weighted by Gasteiger charge is 2.12. The van der Waals surface area contributed by atoms with E-state index in [-0.39, 0.29) is 18.2 Å². The van der Waals surface area contributed by atoms with Crippen molar-refractivity contribution in [3.63, 3.8) is 0 Å².